The van der Waals surface area contributed by atoms with Crippen LogP contribution < -0.4 is 4.74 Å². The van der Waals surface area contributed by atoms with Gasteiger partial charge >= 0.3 is 0 Å². The fraction of sp³-hybridized carbons (Fsp3) is 0.190. The Kier molecular flexibility index (Phi) is 5.46. The molecule has 3 rings (SSSR count). The van der Waals surface area contributed by atoms with Gasteiger partial charge in [0.15, 0.2) is 6.61 Å². The van der Waals surface area contributed by atoms with E-state index in [-0.39, 0.29) is 0 Å². The minimum absolute atomic E-state index is 0.409. The summed E-state index contributed by atoms with van der Waals surface area (Å²) in [4.78, 5) is 5.43. The van der Waals surface area contributed by atoms with Crippen LogP contribution in [0.1, 0.15) is 18.9 Å². The van der Waals surface area contributed by atoms with Gasteiger partial charge in [-0.15, -0.1) is 0 Å². The molecule has 0 spiro atoms. The third kappa shape index (κ3) is 4.13. The summed E-state index contributed by atoms with van der Waals surface area (Å²) in [5.74, 6) is 0.787. The van der Waals surface area contributed by atoms with E-state index in [0.717, 1.165) is 23.4 Å². The zero-order valence-corrected chi connectivity index (χ0v) is 13.7. The third-order valence-electron chi connectivity index (χ3n) is 3.71. The molecular weight excluding hydrogens is 298 g/mol. The van der Waals surface area contributed by atoms with Crippen molar-refractivity contribution < 1.29 is 9.57 Å². The van der Waals surface area contributed by atoms with E-state index in [1.807, 2.05) is 30.3 Å². The standard InChI is InChI=1S/C21H20NO2/c1-2-21(19-13-12-17-8-6-7-9-18(17)16-19)22-24-15-14-23-20-10-4-3-5-11-20/h3-4,6-13,16H,2,14-15H2,1H3/b22-21+. The average Bonchev–Trinajstić information content (AvgIpc) is 2.65. The van der Waals surface area contributed by atoms with E-state index in [2.05, 4.69) is 48.5 Å². The summed E-state index contributed by atoms with van der Waals surface area (Å²) in [6.07, 6.45) is 0.812. The molecule has 1 radical (unpaired) electrons. The van der Waals surface area contributed by atoms with E-state index < -0.39 is 0 Å². The van der Waals surface area contributed by atoms with Crippen molar-refractivity contribution in [2.45, 2.75) is 13.3 Å². The van der Waals surface area contributed by atoms with Gasteiger partial charge in [-0.3, -0.25) is 0 Å². The highest BCUT2D eigenvalue weighted by Gasteiger charge is 2.03. The molecule has 0 aliphatic rings. The predicted molar refractivity (Wildman–Crippen MR) is 97.5 cm³/mol. The lowest BCUT2D eigenvalue weighted by atomic mass is 10.0. The average molecular weight is 318 g/mol. The molecule has 0 aliphatic heterocycles. The molecular formula is C21H20NO2. The largest absolute Gasteiger partial charge is 0.490 e. The third-order valence-corrected chi connectivity index (χ3v) is 3.71. The number of hydrogen-bond donors (Lipinski definition) is 0. The van der Waals surface area contributed by atoms with E-state index in [9.17, 15) is 0 Å². The zero-order chi connectivity index (χ0) is 16.6. The van der Waals surface area contributed by atoms with E-state index in [4.69, 9.17) is 9.57 Å². The molecule has 3 heteroatoms. The molecule has 24 heavy (non-hydrogen) atoms. The quantitative estimate of drug-likeness (QED) is 0.354. The highest BCUT2D eigenvalue weighted by Crippen LogP contribution is 2.17. The SMILES string of the molecule is CC/C(=N\OCCOc1c[c]ccc1)c1ccc2ccccc2c1. The van der Waals surface area contributed by atoms with Gasteiger partial charge in [-0.1, -0.05) is 60.6 Å². The second-order valence-corrected chi connectivity index (χ2v) is 5.37. The summed E-state index contributed by atoms with van der Waals surface area (Å²) < 4.78 is 5.56. The molecule has 0 N–H and O–H groups in total. The van der Waals surface area contributed by atoms with Crippen molar-refractivity contribution in [2.75, 3.05) is 13.2 Å². The van der Waals surface area contributed by atoms with Gasteiger partial charge in [-0.05, 0) is 47.0 Å². The Bertz CT molecular complexity index is 812. The van der Waals surface area contributed by atoms with Crippen LogP contribution >= 0.6 is 0 Å². The normalized spacial score (nSPS) is 11.5. The molecule has 0 aromatic heterocycles. The number of nitrogens with zero attached hydrogens (tertiary/aromatic N) is 1. The van der Waals surface area contributed by atoms with Crippen molar-refractivity contribution in [3.63, 3.8) is 0 Å². The molecule has 0 saturated carbocycles. The van der Waals surface area contributed by atoms with Crippen LogP contribution in [-0.4, -0.2) is 18.9 Å². The molecule has 0 bridgehead atoms. The van der Waals surface area contributed by atoms with Gasteiger partial charge < -0.3 is 9.57 Å². The summed E-state index contributed by atoms with van der Waals surface area (Å²) in [5.41, 5.74) is 2.03. The molecule has 0 saturated heterocycles. The van der Waals surface area contributed by atoms with Crippen molar-refractivity contribution in [3.05, 3.63) is 78.4 Å². The van der Waals surface area contributed by atoms with E-state index in [1.165, 1.54) is 10.8 Å². The highest BCUT2D eigenvalue weighted by atomic mass is 16.6. The first kappa shape index (κ1) is 16.1. The van der Waals surface area contributed by atoms with Crippen molar-refractivity contribution in [2.24, 2.45) is 5.16 Å². The number of ether oxygens (including phenoxy) is 1. The zero-order valence-electron chi connectivity index (χ0n) is 13.7. The number of fused-ring (bicyclic) bond motifs is 1. The first-order chi connectivity index (χ1) is 11.9. The maximum Gasteiger partial charge on any atom is 0.151 e. The molecule has 0 amide bonds. The minimum atomic E-state index is 0.409. The van der Waals surface area contributed by atoms with E-state index >= 15 is 0 Å². The summed E-state index contributed by atoms with van der Waals surface area (Å²) in [6, 6.07) is 25.1. The summed E-state index contributed by atoms with van der Waals surface area (Å²) in [7, 11) is 0. The van der Waals surface area contributed by atoms with Crippen LogP contribution in [0.4, 0.5) is 0 Å². The van der Waals surface area contributed by atoms with Crippen molar-refractivity contribution in [1.29, 1.82) is 0 Å². The van der Waals surface area contributed by atoms with Gasteiger partial charge in [-0.2, -0.15) is 0 Å². The lowest BCUT2D eigenvalue weighted by molar-refractivity contribution is 0.107. The van der Waals surface area contributed by atoms with Gasteiger partial charge in [0, 0.05) is 0 Å². The maximum atomic E-state index is 5.56. The lowest BCUT2D eigenvalue weighted by Crippen LogP contribution is -2.06. The Morgan fingerprint density at radius 1 is 1.00 bits per heavy atom. The van der Waals surface area contributed by atoms with Crippen LogP contribution in [0.2, 0.25) is 0 Å². The molecule has 0 atom stereocenters. The minimum Gasteiger partial charge on any atom is -0.490 e. The van der Waals surface area contributed by atoms with E-state index in [0.29, 0.717) is 13.2 Å². The Hall–Kier alpha value is -2.81. The number of rotatable bonds is 7. The summed E-state index contributed by atoms with van der Waals surface area (Å²) in [5, 5.41) is 6.71. The summed E-state index contributed by atoms with van der Waals surface area (Å²) in [6.45, 7) is 2.94. The molecule has 3 aromatic rings. The number of hydrogen-bond acceptors (Lipinski definition) is 3. The Balaban J connectivity index is 1.59. The number of oxime groups is 1. The topological polar surface area (TPSA) is 30.8 Å². The second kappa shape index (κ2) is 8.16. The van der Waals surface area contributed by atoms with E-state index in [1.54, 1.807) is 6.07 Å². The summed E-state index contributed by atoms with van der Waals surface area (Å²) >= 11 is 0. The fourth-order valence-corrected chi connectivity index (χ4v) is 2.48. The molecule has 3 nitrogen and oxygen atoms in total. The smallest absolute Gasteiger partial charge is 0.151 e. The van der Waals surface area contributed by atoms with Crippen molar-refractivity contribution in [3.8, 4) is 5.75 Å². The van der Waals surface area contributed by atoms with Crippen LogP contribution in [0.15, 0.2) is 71.9 Å². The van der Waals surface area contributed by atoms with Crippen LogP contribution in [0.25, 0.3) is 10.8 Å². The lowest BCUT2D eigenvalue weighted by Gasteiger charge is -2.07. The molecule has 0 unspecified atom stereocenters. The van der Waals surface area contributed by atoms with Gasteiger partial charge in [0.05, 0.1) is 5.71 Å². The molecule has 0 fully saturated rings. The predicted octanol–water partition coefficient (Wildman–Crippen LogP) is 4.85. The molecule has 121 valence electrons. The highest BCUT2D eigenvalue weighted by molar-refractivity contribution is 6.03. The van der Waals surface area contributed by atoms with Gasteiger partial charge in [0.1, 0.15) is 12.4 Å². The van der Waals surface area contributed by atoms with Gasteiger partial charge in [-0.25, -0.2) is 0 Å². The van der Waals surface area contributed by atoms with Gasteiger partial charge in [0.2, 0.25) is 0 Å². The van der Waals surface area contributed by atoms with Crippen molar-refractivity contribution in [1.82, 2.24) is 0 Å². The van der Waals surface area contributed by atoms with Crippen LogP contribution in [0.5, 0.6) is 5.75 Å². The number of benzene rings is 3. The second-order valence-electron chi connectivity index (χ2n) is 5.37. The molecule has 0 heterocycles. The Morgan fingerprint density at radius 2 is 1.88 bits per heavy atom. The maximum absolute atomic E-state index is 5.56. The van der Waals surface area contributed by atoms with Crippen LogP contribution in [0.3, 0.4) is 0 Å². The van der Waals surface area contributed by atoms with Crippen LogP contribution in [-0.2, 0) is 4.84 Å². The monoisotopic (exact) mass is 318 g/mol. The fourth-order valence-electron chi connectivity index (χ4n) is 2.48. The van der Waals surface area contributed by atoms with Crippen molar-refractivity contribution >= 4 is 16.5 Å². The molecule has 3 aromatic carbocycles. The first-order valence-corrected chi connectivity index (χ1v) is 8.14. The Labute approximate surface area is 142 Å². The molecule has 0 aliphatic carbocycles. The Morgan fingerprint density at radius 3 is 2.67 bits per heavy atom. The van der Waals surface area contributed by atoms with Gasteiger partial charge in [0.25, 0.3) is 0 Å². The van der Waals surface area contributed by atoms with Crippen LogP contribution in [0, 0.1) is 6.07 Å². The first-order valence-electron chi connectivity index (χ1n) is 8.14.